The maximum atomic E-state index is 12.5. The van der Waals surface area contributed by atoms with Crippen LogP contribution in [-0.4, -0.2) is 40.1 Å². The molecule has 4 rings (SSSR count). The number of allylic oxidation sites excluding steroid dienone is 2. The molecule has 29 heavy (non-hydrogen) atoms. The van der Waals surface area contributed by atoms with Crippen LogP contribution in [0.3, 0.4) is 0 Å². The lowest BCUT2D eigenvalue weighted by molar-refractivity contribution is -0.161. The van der Waals surface area contributed by atoms with Crippen molar-refractivity contribution >= 4 is 18.0 Å². The summed E-state index contributed by atoms with van der Waals surface area (Å²) in [6.07, 6.45) is 6.91. The Hall–Kier alpha value is -1.65. The van der Waals surface area contributed by atoms with Crippen molar-refractivity contribution in [1.82, 2.24) is 4.90 Å². The molecule has 1 N–H and O–H groups in total. The van der Waals surface area contributed by atoms with Crippen LogP contribution >= 0.6 is 0 Å². The second-order valence-electron chi connectivity index (χ2n) is 11.4. The molecule has 1 heterocycles. The van der Waals surface area contributed by atoms with Gasteiger partial charge in [-0.2, -0.15) is 0 Å². The van der Waals surface area contributed by atoms with Gasteiger partial charge in [0.15, 0.2) is 5.78 Å². The molecule has 3 aliphatic carbocycles. The predicted molar refractivity (Wildman–Crippen MR) is 110 cm³/mol. The van der Waals surface area contributed by atoms with Gasteiger partial charge in [-0.15, -0.1) is 0 Å². The van der Waals surface area contributed by atoms with Gasteiger partial charge in [-0.25, -0.2) is 0 Å². The third kappa shape index (κ3) is 2.75. The number of hydrogen-bond acceptors (Lipinski definition) is 4. The van der Waals surface area contributed by atoms with Gasteiger partial charge in [-0.1, -0.05) is 13.8 Å². The van der Waals surface area contributed by atoms with Crippen molar-refractivity contribution < 1.29 is 19.5 Å². The van der Waals surface area contributed by atoms with E-state index in [-0.39, 0.29) is 35.0 Å². The van der Waals surface area contributed by atoms with Crippen molar-refractivity contribution in [3.8, 4) is 0 Å². The van der Waals surface area contributed by atoms with Gasteiger partial charge in [-0.05, 0) is 69.6 Å². The normalized spacial score (nSPS) is 44.4. The first kappa shape index (κ1) is 20.6. The van der Waals surface area contributed by atoms with Crippen molar-refractivity contribution in [2.24, 2.45) is 40.4 Å². The minimum absolute atomic E-state index is 0.0211. The summed E-state index contributed by atoms with van der Waals surface area (Å²) in [5, 5.41) is 10.1. The van der Waals surface area contributed by atoms with Gasteiger partial charge in [0, 0.05) is 41.6 Å². The number of rotatable bonds is 2. The summed E-state index contributed by atoms with van der Waals surface area (Å²) in [6, 6.07) is 0. The molecule has 5 nitrogen and oxygen atoms in total. The number of nitrogens with zero attached hydrogens (tertiary/aromatic N) is 1. The fourth-order valence-corrected chi connectivity index (χ4v) is 7.61. The second kappa shape index (κ2) is 6.42. The highest BCUT2D eigenvalue weighted by Gasteiger charge is 2.64. The predicted octanol–water partition coefficient (Wildman–Crippen LogP) is 3.92. The van der Waals surface area contributed by atoms with Crippen molar-refractivity contribution in [3.05, 3.63) is 11.8 Å². The minimum atomic E-state index is -0.855. The average Bonchev–Trinajstić information content (AvgIpc) is 2.96. The molecule has 160 valence electrons. The van der Waals surface area contributed by atoms with Gasteiger partial charge in [-0.3, -0.25) is 9.59 Å². The monoisotopic (exact) mass is 401 g/mol. The van der Waals surface area contributed by atoms with Crippen molar-refractivity contribution in [2.45, 2.75) is 72.3 Å². The summed E-state index contributed by atoms with van der Waals surface area (Å²) in [6.45, 7) is 11.7. The maximum Gasteiger partial charge on any atom is 0.307 e. The van der Waals surface area contributed by atoms with E-state index in [9.17, 15) is 19.5 Å². The van der Waals surface area contributed by atoms with Crippen LogP contribution in [-0.2, 0) is 14.4 Å². The Morgan fingerprint density at radius 2 is 1.90 bits per heavy atom. The molecule has 5 heteroatoms. The van der Waals surface area contributed by atoms with Crippen LogP contribution in [0.2, 0.25) is 0 Å². The number of carbonyl (C=O) groups excluding carboxylic acids is 2. The van der Waals surface area contributed by atoms with Crippen LogP contribution in [0.1, 0.15) is 66.7 Å². The molecule has 1 aliphatic heterocycles. The van der Waals surface area contributed by atoms with Crippen LogP contribution in [0.4, 0.5) is 0 Å². The maximum absolute atomic E-state index is 12.5. The van der Waals surface area contributed by atoms with Gasteiger partial charge in [0.05, 0.1) is 5.92 Å². The van der Waals surface area contributed by atoms with E-state index in [0.717, 1.165) is 44.2 Å². The molecular formula is C24H35NO4. The van der Waals surface area contributed by atoms with Gasteiger partial charge >= 0.3 is 5.97 Å². The Bertz CT molecular complexity index is 780. The Kier molecular flexibility index (Phi) is 4.57. The molecule has 0 aromatic rings. The summed E-state index contributed by atoms with van der Waals surface area (Å²) in [5.41, 5.74) is 0.211. The van der Waals surface area contributed by atoms with Crippen LogP contribution in [0.25, 0.3) is 0 Å². The van der Waals surface area contributed by atoms with Crippen LogP contribution < -0.4 is 0 Å². The first-order valence-electron chi connectivity index (χ1n) is 11.2. The van der Waals surface area contributed by atoms with Crippen LogP contribution in [0, 0.1) is 40.4 Å². The molecule has 7 atom stereocenters. The molecule has 4 aliphatic rings. The number of hydrogen-bond donors (Lipinski definition) is 1. The standard InChI is InChI=1S/C24H35NO4/c1-22(2,3)25-12-16-17-7-6-14(13-26)23(17,4)9-8-18(16)24(5)19(21(28)29)10-15(27)11-20(24)25/h11,13-14,16-19H,6-10,12H2,1-5H3,(H,28,29)/t14-,16+,17+,18+,19?,23-,24+/m1/s1. The van der Waals surface area contributed by atoms with E-state index >= 15 is 0 Å². The van der Waals surface area contributed by atoms with Gasteiger partial charge < -0.3 is 14.8 Å². The number of aldehydes is 1. The second-order valence-corrected chi connectivity index (χ2v) is 11.4. The number of piperidine rings is 1. The molecule has 3 fully saturated rings. The molecule has 0 amide bonds. The largest absolute Gasteiger partial charge is 0.481 e. The number of carbonyl (C=O) groups is 3. The smallest absolute Gasteiger partial charge is 0.307 e. The SMILES string of the molecule is CC(C)(C)N1C[C@H]2[C@@H]3CC[C@H](C=O)[C@@]3(C)CC[C@@H]2[C@]2(C)C1=CC(=O)CC2C(=O)O. The van der Waals surface area contributed by atoms with Crippen LogP contribution in [0.15, 0.2) is 11.8 Å². The summed E-state index contributed by atoms with van der Waals surface area (Å²) < 4.78 is 0. The minimum Gasteiger partial charge on any atom is -0.481 e. The third-order valence-corrected chi connectivity index (χ3v) is 9.22. The van der Waals surface area contributed by atoms with Gasteiger partial charge in [0.2, 0.25) is 0 Å². The van der Waals surface area contributed by atoms with Gasteiger partial charge in [0.1, 0.15) is 6.29 Å². The summed E-state index contributed by atoms with van der Waals surface area (Å²) in [4.78, 5) is 39.0. The Morgan fingerprint density at radius 1 is 1.21 bits per heavy atom. The zero-order chi connectivity index (χ0) is 21.4. The lowest BCUT2D eigenvalue weighted by Gasteiger charge is -2.64. The third-order valence-electron chi connectivity index (χ3n) is 9.22. The number of carboxylic acids is 1. The first-order chi connectivity index (χ1) is 13.4. The highest BCUT2D eigenvalue weighted by molar-refractivity contribution is 5.95. The number of fused-ring (bicyclic) bond motifs is 5. The topological polar surface area (TPSA) is 74.7 Å². The highest BCUT2D eigenvalue weighted by Crippen LogP contribution is 2.66. The highest BCUT2D eigenvalue weighted by atomic mass is 16.4. The first-order valence-corrected chi connectivity index (χ1v) is 11.2. The Balaban J connectivity index is 1.85. The van der Waals surface area contributed by atoms with Crippen molar-refractivity contribution in [3.63, 3.8) is 0 Å². The van der Waals surface area contributed by atoms with Crippen molar-refractivity contribution in [1.29, 1.82) is 0 Å². The van der Waals surface area contributed by atoms with E-state index in [1.165, 1.54) is 0 Å². The average molecular weight is 402 g/mol. The zero-order valence-electron chi connectivity index (χ0n) is 18.4. The summed E-state index contributed by atoms with van der Waals surface area (Å²) >= 11 is 0. The van der Waals surface area contributed by atoms with E-state index in [1.807, 2.05) is 0 Å². The molecule has 0 spiro atoms. The molecule has 0 radical (unpaired) electrons. The number of carboxylic acid groups (broad SMARTS) is 1. The number of likely N-dealkylation sites (tertiary alicyclic amines) is 1. The molecular weight excluding hydrogens is 366 g/mol. The lowest BCUT2D eigenvalue weighted by atomic mass is 9.47. The van der Waals surface area contributed by atoms with E-state index in [4.69, 9.17) is 0 Å². The van der Waals surface area contributed by atoms with E-state index in [2.05, 4.69) is 39.5 Å². The Morgan fingerprint density at radius 3 is 2.48 bits per heavy atom. The fraction of sp³-hybridized carbons (Fsp3) is 0.792. The van der Waals surface area contributed by atoms with Crippen molar-refractivity contribution in [2.75, 3.05) is 6.54 Å². The molecule has 2 saturated carbocycles. The molecule has 1 unspecified atom stereocenters. The fourth-order valence-electron chi connectivity index (χ4n) is 7.61. The van der Waals surface area contributed by atoms with Gasteiger partial charge in [0.25, 0.3) is 0 Å². The van der Waals surface area contributed by atoms with Crippen LogP contribution in [0.5, 0.6) is 0 Å². The number of ketones is 1. The summed E-state index contributed by atoms with van der Waals surface area (Å²) in [7, 11) is 0. The molecule has 1 saturated heterocycles. The summed E-state index contributed by atoms with van der Waals surface area (Å²) in [5.74, 6) is -0.455. The molecule has 0 aromatic heterocycles. The quantitative estimate of drug-likeness (QED) is 0.710. The molecule has 0 aromatic carbocycles. The van der Waals surface area contributed by atoms with E-state index in [0.29, 0.717) is 11.8 Å². The number of aliphatic carboxylic acids is 1. The zero-order valence-corrected chi connectivity index (χ0v) is 18.4. The lowest BCUT2D eigenvalue weighted by Crippen LogP contribution is -2.64. The molecule has 0 bridgehead atoms. The van der Waals surface area contributed by atoms with E-state index in [1.54, 1.807) is 6.08 Å². The Labute approximate surface area is 173 Å². The van der Waals surface area contributed by atoms with E-state index < -0.39 is 17.3 Å².